The topological polar surface area (TPSA) is 9.86 Å². The van der Waals surface area contributed by atoms with Crippen LogP contribution in [0, 0.1) is 0 Å². The van der Waals surface area contributed by atoms with Gasteiger partial charge in [0.2, 0.25) is 0 Å². The van der Waals surface area contributed by atoms with Gasteiger partial charge in [-0.15, -0.1) is 0 Å². The third-order valence-corrected chi connectivity index (χ3v) is 20.8. The lowest BCUT2D eigenvalue weighted by atomic mass is 9.65. The highest BCUT2D eigenvalue weighted by molar-refractivity contribution is 7.19. The van der Waals surface area contributed by atoms with E-state index in [1.165, 1.54) is 97.7 Å². The molecule has 0 aliphatic heterocycles. The summed E-state index contributed by atoms with van der Waals surface area (Å²) >= 11 is 0. The van der Waals surface area contributed by atoms with Crippen LogP contribution in [0.1, 0.15) is 22.3 Å². The van der Waals surface area contributed by atoms with Gasteiger partial charge in [0.15, 0.2) is 8.07 Å². The van der Waals surface area contributed by atoms with Crippen LogP contribution in [-0.2, 0) is 5.41 Å². The lowest BCUT2D eigenvalue weighted by Crippen LogP contribution is -2.74. The van der Waals surface area contributed by atoms with Crippen LogP contribution in [0.2, 0.25) is 0 Å². The predicted octanol–water partition coefficient (Wildman–Crippen LogP) is 15.3. The van der Waals surface area contributed by atoms with Crippen molar-refractivity contribution in [2.45, 2.75) is 5.41 Å². The van der Waals surface area contributed by atoms with Crippen LogP contribution >= 0.6 is 0 Å². The molecule has 0 unspecified atom stereocenters. The lowest BCUT2D eigenvalue weighted by molar-refractivity contribution is 0.745. The molecule has 3 heteroatoms. The van der Waals surface area contributed by atoms with Crippen molar-refractivity contribution >= 4 is 72.4 Å². The molecule has 358 valence electrons. The number of hydrogen-bond acceptors (Lipinski definition) is 0. The van der Waals surface area contributed by atoms with Crippen molar-refractivity contribution in [2.75, 3.05) is 0 Å². The highest BCUT2D eigenvalue weighted by atomic mass is 28.3. The lowest BCUT2D eigenvalue weighted by Gasteiger charge is -2.37. The first-order chi connectivity index (χ1) is 37.7. The Labute approximate surface area is 444 Å². The average molecular weight is 985 g/mol. The second-order valence-electron chi connectivity index (χ2n) is 20.0. The van der Waals surface area contributed by atoms with Gasteiger partial charge in [-0.25, -0.2) is 0 Å². The van der Waals surface area contributed by atoms with Crippen LogP contribution in [0.25, 0.3) is 66.1 Å². The van der Waals surface area contributed by atoms with Gasteiger partial charge in [0.25, 0.3) is 0 Å². The second-order valence-corrected chi connectivity index (χ2v) is 23.8. The van der Waals surface area contributed by atoms with Crippen molar-refractivity contribution in [1.29, 1.82) is 0 Å². The van der Waals surface area contributed by atoms with Crippen LogP contribution < -0.4 is 20.7 Å². The molecule has 0 saturated heterocycles. The van der Waals surface area contributed by atoms with Crippen molar-refractivity contribution in [3.05, 3.63) is 338 Å². The summed E-state index contributed by atoms with van der Waals surface area (Å²) in [4.78, 5) is 0. The van der Waals surface area contributed by atoms with E-state index in [9.17, 15) is 0 Å². The molecule has 12 aromatic carbocycles. The number of aromatic nitrogens is 2. The summed E-state index contributed by atoms with van der Waals surface area (Å²) in [6.07, 6.45) is 0. The number of fused-ring (bicyclic) bond motifs is 6. The Morgan fingerprint density at radius 1 is 0.224 bits per heavy atom. The highest BCUT2D eigenvalue weighted by Gasteiger charge is 2.41. The maximum Gasteiger partial charge on any atom is 0.179 e. The minimum atomic E-state index is -2.67. The van der Waals surface area contributed by atoms with Crippen LogP contribution in [0.3, 0.4) is 0 Å². The molecule has 0 fully saturated rings. The molecule has 0 spiro atoms. The monoisotopic (exact) mass is 984 g/mol. The number of para-hydroxylation sites is 2. The Hall–Kier alpha value is -9.54. The van der Waals surface area contributed by atoms with Crippen LogP contribution in [0.4, 0.5) is 0 Å². The first kappa shape index (κ1) is 45.1. The Morgan fingerprint density at radius 3 is 0.895 bits per heavy atom. The Balaban J connectivity index is 0.865. The molecule has 0 atom stereocenters. The molecule has 0 N–H and O–H groups in total. The predicted molar refractivity (Wildman–Crippen MR) is 322 cm³/mol. The molecule has 2 nitrogen and oxygen atoms in total. The molecule has 0 aliphatic carbocycles. The first-order valence-corrected chi connectivity index (χ1v) is 28.3. The van der Waals surface area contributed by atoms with Gasteiger partial charge in [-0.1, -0.05) is 255 Å². The minimum absolute atomic E-state index is 0.516. The third-order valence-electron chi connectivity index (χ3n) is 16.0. The van der Waals surface area contributed by atoms with E-state index in [0.29, 0.717) is 0 Å². The van der Waals surface area contributed by atoms with E-state index < -0.39 is 13.5 Å². The van der Waals surface area contributed by atoms with Crippen molar-refractivity contribution in [2.24, 2.45) is 0 Å². The largest absolute Gasteiger partial charge is 0.309 e. The number of nitrogens with zero attached hydrogens (tertiary/aromatic N) is 2. The normalized spacial score (nSPS) is 11.9. The van der Waals surface area contributed by atoms with E-state index in [-0.39, 0.29) is 0 Å². The molecule has 14 aromatic rings. The molecule has 2 heterocycles. The molecule has 0 aliphatic rings. The number of benzene rings is 12. The van der Waals surface area contributed by atoms with Crippen LogP contribution in [-0.4, -0.2) is 17.2 Å². The summed E-state index contributed by atoms with van der Waals surface area (Å²) in [5, 5.41) is 10.4. The fraction of sp³-hybridized carbons (Fsp3) is 0.0137. The van der Waals surface area contributed by atoms with E-state index >= 15 is 0 Å². The summed E-state index contributed by atoms with van der Waals surface area (Å²) < 4.78 is 4.88. The van der Waals surface area contributed by atoms with Crippen molar-refractivity contribution in [3.63, 3.8) is 0 Å². The smallest absolute Gasteiger partial charge is 0.179 e. The second kappa shape index (κ2) is 18.7. The van der Waals surface area contributed by atoms with Gasteiger partial charge in [0, 0.05) is 32.9 Å². The molecule has 0 saturated carbocycles. The van der Waals surface area contributed by atoms with E-state index in [2.05, 4.69) is 325 Å². The van der Waals surface area contributed by atoms with Gasteiger partial charge < -0.3 is 9.13 Å². The van der Waals surface area contributed by atoms with Gasteiger partial charge in [-0.05, 0) is 115 Å². The zero-order chi connectivity index (χ0) is 50.5. The molecular weight excluding hydrogens is 933 g/mol. The van der Waals surface area contributed by atoms with Crippen molar-refractivity contribution in [3.8, 4) is 22.5 Å². The average Bonchev–Trinajstić information content (AvgIpc) is 4.02. The van der Waals surface area contributed by atoms with Crippen molar-refractivity contribution in [1.82, 2.24) is 9.13 Å². The number of hydrogen-bond donors (Lipinski definition) is 0. The third kappa shape index (κ3) is 7.16. The summed E-state index contributed by atoms with van der Waals surface area (Å²) in [7, 11) is -2.67. The summed E-state index contributed by atoms with van der Waals surface area (Å²) in [6.45, 7) is 0. The van der Waals surface area contributed by atoms with E-state index in [4.69, 9.17) is 0 Å². The van der Waals surface area contributed by atoms with Gasteiger partial charge >= 0.3 is 0 Å². The maximum absolute atomic E-state index is 2.67. The standard InChI is InChI=1S/C73H52N2Si/c1-7-23-55(24-8-1)73(56-25-9-2-10-26-56,57-27-11-3-12-28-57)58-41-43-59(44-42-58)74-69-37-21-19-35-65(69)67-51-53(39-49-71(67)74)54-40-50-72-68(52-54)66-36-20-22-38-70(66)75(72)60-45-47-64(48-46-60)76(61-29-13-4-14-30-61,62-31-15-5-16-32-62)63-33-17-6-18-34-63/h1-52H. The van der Waals surface area contributed by atoms with Crippen LogP contribution in [0.5, 0.6) is 0 Å². The fourth-order valence-electron chi connectivity index (χ4n) is 12.7. The molecule has 14 rings (SSSR count). The zero-order valence-electron chi connectivity index (χ0n) is 41.9. The Kier molecular flexibility index (Phi) is 11.1. The quantitative estimate of drug-likeness (QED) is 0.0903. The van der Waals surface area contributed by atoms with E-state index in [1.807, 2.05) is 0 Å². The Morgan fingerprint density at radius 2 is 0.513 bits per heavy atom. The van der Waals surface area contributed by atoms with Gasteiger partial charge in [0.1, 0.15) is 0 Å². The van der Waals surface area contributed by atoms with Crippen LogP contribution in [0.15, 0.2) is 315 Å². The SMILES string of the molecule is c1ccc(C(c2ccccc2)(c2ccccc2)c2ccc(-n3c4ccccc4c4cc(-c5ccc6c(c5)c5ccccc5n6-c5ccc([Si](c6ccccc6)(c6ccccc6)c6ccccc6)cc5)ccc43)cc2)cc1. The molecule has 0 amide bonds. The fourth-order valence-corrected chi connectivity index (χ4v) is 17.5. The minimum Gasteiger partial charge on any atom is -0.309 e. The summed E-state index contributed by atoms with van der Waals surface area (Å²) in [6, 6.07) is 117. The summed E-state index contributed by atoms with van der Waals surface area (Å²) in [5.74, 6) is 0. The van der Waals surface area contributed by atoms with Gasteiger partial charge in [0.05, 0.1) is 27.5 Å². The Bertz CT molecular complexity index is 3860. The first-order valence-electron chi connectivity index (χ1n) is 26.3. The molecule has 0 bridgehead atoms. The zero-order valence-corrected chi connectivity index (χ0v) is 42.9. The van der Waals surface area contributed by atoms with Gasteiger partial charge in [-0.2, -0.15) is 0 Å². The van der Waals surface area contributed by atoms with Crippen molar-refractivity contribution < 1.29 is 0 Å². The van der Waals surface area contributed by atoms with Gasteiger partial charge in [-0.3, -0.25) is 0 Å². The molecule has 76 heavy (non-hydrogen) atoms. The molecule has 0 radical (unpaired) electrons. The highest BCUT2D eigenvalue weighted by Crippen LogP contribution is 2.46. The van der Waals surface area contributed by atoms with E-state index in [0.717, 1.165) is 11.4 Å². The van der Waals surface area contributed by atoms with E-state index in [1.54, 1.807) is 0 Å². The molecule has 2 aromatic heterocycles. The molecular formula is C73H52N2Si. The summed E-state index contributed by atoms with van der Waals surface area (Å²) in [5.41, 5.74) is 13.8. The number of rotatable bonds is 11. The maximum atomic E-state index is 2.45.